The molecule has 40 heavy (non-hydrogen) atoms. The fraction of sp³-hybridized carbons (Fsp3) is 0.241. The summed E-state index contributed by atoms with van der Waals surface area (Å²) in [6.07, 6.45) is -0.258. The minimum absolute atomic E-state index is 0.305. The topological polar surface area (TPSA) is 151 Å². The molecule has 0 aliphatic heterocycles. The number of nitrogen functional groups attached to an aromatic ring is 1. The van der Waals surface area contributed by atoms with Crippen molar-refractivity contribution in [1.82, 2.24) is 29.6 Å². The van der Waals surface area contributed by atoms with Crippen LogP contribution in [0.2, 0.25) is 0 Å². The number of anilines is 2. The van der Waals surface area contributed by atoms with E-state index in [9.17, 15) is 10.2 Å². The smallest absolute Gasteiger partial charge is 0.230 e. The van der Waals surface area contributed by atoms with Crippen LogP contribution in [0.15, 0.2) is 71.4 Å². The molecule has 0 fully saturated rings. The SMILES string of the molecule is C=C(C)C(O)Nc1ccc(-c2c(-c3ccc(C(O)N(C)Cc4nnc(C)o4)cc3)c3c(N)ncnc3n2C)cc1. The first-order valence-electron chi connectivity index (χ1n) is 12.7. The molecule has 0 bridgehead atoms. The fourth-order valence-corrected chi connectivity index (χ4v) is 4.68. The molecule has 5 aromatic rings. The molecule has 206 valence electrons. The molecule has 11 nitrogen and oxygen atoms in total. The van der Waals surface area contributed by atoms with Crippen LogP contribution in [-0.2, 0) is 13.6 Å². The Balaban J connectivity index is 1.51. The maximum absolute atomic E-state index is 11.0. The summed E-state index contributed by atoms with van der Waals surface area (Å²) in [4.78, 5) is 10.5. The average Bonchev–Trinajstić information content (AvgIpc) is 3.49. The van der Waals surface area contributed by atoms with E-state index in [1.807, 2.05) is 60.1 Å². The molecule has 0 amide bonds. The van der Waals surface area contributed by atoms with Gasteiger partial charge in [-0.05, 0) is 48.4 Å². The number of aromatic nitrogens is 5. The number of fused-ring (bicyclic) bond motifs is 1. The van der Waals surface area contributed by atoms with Crippen molar-refractivity contribution >= 4 is 22.5 Å². The van der Waals surface area contributed by atoms with E-state index < -0.39 is 12.5 Å². The summed E-state index contributed by atoms with van der Waals surface area (Å²) in [6.45, 7) is 7.57. The Morgan fingerprint density at radius 1 is 1.07 bits per heavy atom. The van der Waals surface area contributed by atoms with Crippen LogP contribution in [0, 0.1) is 6.92 Å². The van der Waals surface area contributed by atoms with Gasteiger partial charge >= 0.3 is 0 Å². The van der Waals surface area contributed by atoms with E-state index in [4.69, 9.17) is 10.2 Å². The minimum Gasteiger partial charge on any atom is -0.424 e. The van der Waals surface area contributed by atoms with Gasteiger partial charge in [-0.3, -0.25) is 4.90 Å². The standard InChI is InChI=1S/C29H32N8O3/c1-16(2)28(38)33-21-12-10-19(11-13-21)25-23(24-26(30)31-15-32-27(24)37(25)5)18-6-8-20(9-7-18)29(39)36(4)14-22-35-34-17(3)40-22/h6-13,15,28-29,33,38-39H,1,14H2,2-5H3,(H2,30,31,32). The van der Waals surface area contributed by atoms with Crippen LogP contribution < -0.4 is 11.1 Å². The van der Waals surface area contributed by atoms with E-state index >= 15 is 0 Å². The molecule has 0 saturated heterocycles. The van der Waals surface area contributed by atoms with Crippen LogP contribution in [0.25, 0.3) is 33.4 Å². The summed E-state index contributed by atoms with van der Waals surface area (Å²) in [5.41, 5.74) is 12.8. The Kier molecular flexibility index (Phi) is 7.35. The van der Waals surface area contributed by atoms with E-state index in [0.29, 0.717) is 40.9 Å². The first kappa shape index (κ1) is 27.0. The van der Waals surface area contributed by atoms with Gasteiger partial charge < -0.3 is 30.2 Å². The van der Waals surface area contributed by atoms with Gasteiger partial charge in [0, 0.05) is 25.2 Å². The van der Waals surface area contributed by atoms with Crippen LogP contribution in [0.5, 0.6) is 0 Å². The van der Waals surface area contributed by atoms with Gasteiger partial charge in [-0.25, -0.2) is 9.97 Å². The van der Waals surface area contributed by atoms with Crippen LogP contribution in [0.1, 0.15) is 30.5 Å². The molecule has 2 atom stereocenters. The van der Waals surface area contributed by atoms with Gasteiger partial charge in [-0.2, -0.15) is 0 Å². The Bertz CT molecular complexity index is 1660. The molecule has 2 unspecified atom stereocenters. The van der Waals surface area contributed by atoms with Gasteiger partial charge in [-0.15, -0.1) is 10.2 Å². The first-order chi connectivity index (χ1) is 19.1. The predicted octanol–water partition coefficient (Wildman–Crippen LogP) is 4.01. The number of nitrogens with one attached hydrogen (secondary N) is 1. The lowest BCUT2D eigenvalue weighted by atomic mass is 9.97. The molecular formula is C29H32N8O3. The number of aryl methyl sites for hydroxylation is 2. The molecule has 2 aromatic carbocycles. The van der Waals surface area contributed by atoms with Crippen molar-refractivity contribution in [2.24, 2.45) is 7.05 Å². The molecule has 3 heterocycles. The Morgan fingerprint density at radius 2 is 1.75 bits per heavy atom. The number of nitrogens with zero attached hydrogens (tertiary/aromatic N) is 6. The van der Waals surface area contributed by atoms with Gasteiger partial charge in [0.2, 0.25) is 11.8 Å². The van der Waals surface area contributed by atoms with Crippen molar-refractivity contribution < 1.29 is 14.6 Å². The zero-order valence-electron chi connectivity index (χ0n) is 22.8. The van der Waals surface area contributed by atoms with Gasteiger partial charge in [0.05, 0.1) is 17.6 Å². The lowest BCUT2D eigenvalue weighted by Crippen LogP contribution is -2.24. The largest absolute Gasteiger partial charge is 0.424 e. The number of rotatable bonds is 9. The third-order valence-corrected chi connectivity index (χ3v) is 6.79. The van der Waals surface area contributed by atoms with Gasteiger partial charge in [-0.1, -0.05) is 43.0 Å². The third-order valence-electron chi connectivity index (χ3n) is 6.79. The Morgan fingerprint density at radius 3 is 2.38 bits per heavy atom. The van der Waals surface area contributed by atoms with Crippen molar-refractivity contribution in [1.29, 1.82) is 0 Å². The molecule has 0 aliphatic carbocycles. The molecule has 5 N–H and O–H groups in total. The lowest BCUT2D eigenvalue weighted by Gasteiger charge is -2.22. The highest BCUT2D eigenvalue weighted by molar-refractivity contribution is 6.07. The highest BCUT2D eigenvalue weighted by Gasteiger charge is 2.23. The summed E-state index contributed by atoms with van der Waals surface area (Å²) in [5, 5.41) is 32.7. The number of hydrogen-bond donors (Lipinski definition) is 4. The number of aliphatic hydroxyl groups excluding tert-OH is 2. The van der Waals surface area contributed by atoms with E-state index in [2.05, 4.69) is 32.1 Å². The molecule has 0 radical (unpaired) electrons. The monoisotopic (exact) mass is 540 g/mol. The third kappa shape index (κ3) is 5.17. The van der Waals surface area contributed by atoms with Gasteiger partial charge in [0.15, 0.2) is 0 Å². The predicted molar refractivity (Wildman–Crippen MR) is 154 cm³/mol. The van der Waals surface area contributed by atoms with Crippen molar-refractivity contribution in [3.05, 3.63) is 84.4 Å². The number of hydrogen-bond acceptors (Lipinski definition) is 10. The average molecular weight is 541 g/mol. The molecule has 3 aromatic heterocycles. The molecule has 0 aliphatic rings. The van der Waals surface area contributed by atoms with Crippen molar-refractivity contribution in [3.8, 4) is 22.4 Å². The molecule has 0 saturated carbocycles. The highest BCUT2D eigenvalue weighted by Crippen LogP contribution is 2.42. The summed E-state index contributed by atoms with van der Waals surface area (Å²) in [5.74, 6) is 1.29. The van der Waals surface area contributed by atoms with E-state index in [1.165, 1.54) is 6.33 Å². The molecule has 0 spiro atoms. The number of benzene rings is 2. The summed E-state index contributed by atoms with van der Waals surface area (Å²) in [6, 6.07) is 15.4. The number of aliphatic hydroxyl groups is 2. The first-order valence-corrected chi connectivity index (χ1v) is 12.7. The zero-order chi connectivity index (χ0) is 28.6. The van der Waals surface area contributed by atoms with Crippen LogP contribution in [-0.4, -0.2) is 53.1 Å². The second-order valence-electron chi connectivity index (χ2n) is 9.84. The highest BCUT2D eigenvalue weighted by atomic mass is 16.4. The molecule has 5 rings (SSSR count). The summed E-state index contributed by atoms with van der Waals surface area (Å²) < 4.78 is 7.44. The molecular weight excluding hydrogens is 508 g/mol. The van der Waals surface area contributed by atoms with E-state index in [0.717, 1.165) is 33.5 Å². The van der Waals surface area contributed by atoms with E-state index in [-0.39, 0.29) is 0 Å². The lowest BCUT2D eigenvalue weighted by molar-refractivity contribution is 0.0101. The second kappa shape index (κ2) is 10.9. The Labute approximate surface area is 231 Å². The van der Waals surface area contributed by atoms with Crippen molar-refractivity contribution in [3.63, 3.8) is 0 Å². The Hall–Kier alpha value is -4.58. The molecule has 11 heteroatoms. The van der Waals surface area contributed by atoms with Crippen LogP contribution in [0.3, 0.4) is 0 Å². The minimum atomic E-state index is -0.878. The second-order valence-corrected chi connectivity index (χ2v) is 9.84. The van der Waals surface area contributed by atoms with Crippen molar-refractivity contribution in [2.45, 2.75) is 32.8 Å². The zero-order valence-corrected chi connectivity index (χ0v) is 22.8. The van der Waals surface area contributed by atoms with Gasteiger partial charge in [0.1, 0.15) is 30.2 Å². The summed E-state index contributed by atoms with van der Waals surface area (Å²) >= 11 is 0. The quantitative estimate of drug-likeness (QED) is 0.159. The maximum atomic E-state index is 11.0. The van der Waals surface area contributed by atoms with E-state index in [1.54, 1.807) is 25.8 Å². The van der Waals surface area contributed by atoms with Crippen LogP contribution in [0.4, 0.5) is 11.5 Å². The fourth-order valence-electron chi connectivity index (χ4n) is 4.68. The van der Waals surface area contributed by atoms with Crippen molar-refractivity contribution in [2.75, 3.05) is 18.1 Å². The maximum Gasteiger partial charge on any atom is 0.230 e. The van der Waals surface area contributed by atoms with Crippen LogP contribution >= 0.6 is 0 Å². The normalized spacial score (nSPS) is 13.1. The number of nitrogens with two attached hydrogens (primary N) is 1. The summed E-state index contributed by atoms with van der Waals surface area (Å²) in [7, 11) is 3.73. The van der Waals surface area contributed by atoms with Gasteiger partial charge in [0.25, 0.3) is 0 Å².